The van der Waals surface area contributed by atoms with Gasteiger partial charge in [-0.1, -0.05) is 61.0 Å². The third-order valence-corrected chi connectivity index (χ3v) is 3.76. The maximum Gasteiger partial charge on any atom is 0.333 e. The Morgan fingerprint density at radius 1 is 1.14 bits per heavy atom. The van der Waals surface area contributed by atoms with Crippen LogP contribution < -0.4 is 5.32 Å². The fraction of sp³-hybridized carbons (Fsp3) is 0.278. The Morgan fingerprint density at radius 3 is 2.33 bits per heavy atom. The summed E-state index contributed by atoms with van der Waals surface area (Å²) < 4.78 is 0. The van der Waals surface area contributed by atoms with Gasteiger partial charge in [0.15, 0.2) is 5.54 Å². The standard InChI is InChI=1S/C18H21NO2/c1-4-19-18(17(20)21,15-8-6-5-7-9-15)16-11-10-13(2)12-14(16)3/h5-12,19H,4H2,1-3H3,(H,20,21). The first-order valence-corrected chi connectivity index (χ1v) is 7.14. The van der Waals surface area contributed by atoms with Gasteiger partial charge in [0.05, 0.1) is 0 Å². The highest BCUT2D eigenvalue weighted by Crippen LogP contribution is 2.32. The van der Waals surface area contributed by atoms with Crippen LogP contribution in [0.25, 0.3) is 0 Å². The molecule has 0 fully saturated rings. The molecule has 1 unspecified atom stereocenters. The summed E-state index contributed by atoms with van der Waals surface area (Å²) in [6.07, 6.45) is 0. The average Bonchev–Trinajstić information content (AvgIpc) is 2.46. The highest BCUT2D eigenvalue weighted by Gasteiger charge is 2.42. The van der Waals surface area contributed by atoms with Gasteiger partial charge < -0.3 is 5.11 Å². The maximum absolute atomic E-state index is 12.2. The van der Waals surface area contributed by atoms with Gasteiger partial charge in [0.1, 0.15) is 0 Å². The molecule has 0 saturated heterocycles. The largest absolute Gasteiger partial charge is 0.479 e. The van der Waals surface area contributed by atoms with E-state index >= 15 is 0 Å². The van der Waals surface area contributed by atoms with Crippen LogP contribution in [0.2, 0.25) is 0 Å². The summed E-state index contributed by atoms with van der Waals surface area (Å²) in [6.45, 7) is 6.45. The van der Waals surface area contributed by atoms with Crippen LogP contribution in [-0.2, 0) is 10.3 Å². The van der Waals surface area contributed by atoms with Crippen molar-refractivity contribution in [2.24, 2.45) is 0 Å². The second-order valence-corrected chi connectivity index (χ2v) is 5.27. The van der Waals surface area contributed by atoms with Gasteiger partial charge in [-0.05, 0) is 37.1 Å². The van der Waals surface area contributed by atoms with Gasteiger partial charge in [-0.15, -0.1) is 0 Å². The summed E-state index contributed by atoms with van der Waals surface area (Å²) in [6, 6.07) is 15.2. The lowest BCUT2D eigenvalue weighted by Gasteiger charge is -2.33. The zero-order chi connectivity index (χ0) is 15.5. The van der Waals surface area contributed by atoms with Crippen molar-refractivity contribution < 1.29 is 9.90 Å². The number of nitrogens with one attached hydrogen (secondary N) is 1. The molecule has 0 aliphatic rings. The third-order valence-electron chi connectivity index (χ3n) is 3.76. The van der Waals surface area contributed by atoms with E-state index in [2.05, 4.69) is 5.32 Å². The lowest BCUT2D eigenvalue weighted by molar-refractivity contribution is -0.143. The molecule has 3 heteroatoms. The first-order chi connectivity index (χ1) is 10.0. The van der Waals surface area contributed by atoms with Crippen LogP contribution in [0.1, 0.15) is 29.2 Å². The molecule has 2 aromatic carbocycles. The molecule has 2 rings (SSSR count). The minimum absolute atomic E-state index is 0.564. The Kier molecular flexibility index (Phi) is 4.43. The quantitative estimate of drug-likeness (QED) is 0.885. The van der Waals surface area contributed by atoms with Crippen molar-refractivity contribution in [3.05, 3.63) is 70.8 Å². The molecule has 0 aromatic heterocycles. The molecule has 0 radical (unpaired) electrons. The summed E-state index contributed by atoms with van der Waals surface area (Å²) in [7, 11) is 0. The number of hydrogen-bond donors (Lipinski definition) is 2. The molecule has 0 heterocycles. The van der Waals surface area contributed by atoms with Gasteiger partial charge in [0.2, 0.25) is 0 Å². The number of carbonyl (C=O) groups is 1. The zero-order valence-electron chi connectivity index (χ0n) is 12.7. The van der Waals surface area contributed by atoms with Gasteiger partial charge in [0.25, 0.3) is 0 Å². The van der Waals surface area contributed by atoms with Crippen LogP contribution in [0.3, 0.4) is 0 Å². The predicted octanol–water partition coefficient (Wildman–Crippen LogP) is 3.24. The number of carboxylic acid groups (broad SMARTS) is 1. The molecule has 21 heavy (non-hydrogen) atoms. The van der Waals surface area contributed by atoms with Crippen molar-refractivity contribution in [2.75, 3.05) is 6.54 Å². The molecule has 0 saturated carbocycles. The van der Waals surface area contributed by atoms with E-state index in [0.717, 1.165) is 22.3 Å². The molecule has 2 aromatic rings. The second-order valence-electron chi connectivity index (χ2n) is 5.27. The molecular weight excluding hydrogens is 262 g/mol. The Hall–Kier alpha value is -2.13. The van der Waals surface area contributed by atoms with Crippen LogP contribution in [0.15, 0.2) is 48.5 Å². The summed E-state index contributed by atoms with van der Waals surface area (Å²) in [4.78, 5) is 12.2. The zero-order valence-corrected chi connectivity index (χ0v) is 12.7. The van der Waals surface area contributed by atoms with Crippen LogP contribution in [0.5, 0.6) is 0 Å². The van der Waals surface area contributed by atoms with Crippen molar-refractivity contribution in [2.45, 2.75) is 26.3 Å². The predicted molar refractivity (Wildman–Crippen MR) is 84.5 cm³/mol. The van der Waals surface area contributed by atoms with E-state index in [1.807, 2.05) is 69.3 Å². The number of aryl methyl sites for hydroxylation is 2. The van der Waals surface area contributed by atoms with Crippen molar-refractivity contribution in [1.82, 2.24) is 5.32 Å². The minimum atomic E-state index is -1.21. The summed E-state index contributed by atoms with van der Waals surface area (Å²) in [5.74, 6) is -0.887. The number of hydrogen-bond acceptors (Lipinski definition) is 2. The van der Waals surface area contributed by atoms with E-state index in [1.54, 1.807) is 0 Å². The van der Waals surface area contributed by atoms with Crippen LogP contribution in [-0.4, -0.2) is 17.6 Å². The Morgan fingerprint density at radius 2 is 1.81 bits per heavy atom. The molecule has 3 nitrogen and oxygen atoms in total. The van der Waals surface area contributed by atoms with E-state index in [0.29, 0.717) is 6.54 Å². The second kappa shape index (κ2) is 6.10. The fourth-order valence-corrected chi connectivity index (χ4v) is 2.85. The molecule has 0 aliphatic heterocycles. The number of likely N-dealkylation sites (N-methyl/N-ethyl adjacent to an activating group) is 1. The number of aliphatic carboxylic acids is 1. The molecule has 110 valence electrons. The lowest BCUT2D eigenvalue weighted by Crippen LogP contribution is -2.50. The van der Waals surface area contributed by atoms with E-state index in [9.17, 15) is 9.90 Å². The number of carboxylic acids is 1. The first kappa shape index (κ1) is 15.3. The molecule has 0 spiro atoms. The van der Waals surface area contributed by atoms with Crippen molar-refractivity contribution in [3.8, 4) is 0 Å². The van der Waals surface area contributed by atoms with Crippen molar-refractivity contribution in [1.29, 1.82) is 0 Å². The van der Waals surface area contributed by atoms with Crippen LogP contribution in [0.4, 0.5) is 0 Å². The maximum atomic E-state index is 12.2. The molecular formula is C18H21NO2. The van der Waals surface area contributed by atoms with Crippen LogP contribution in [0, 0.1) is 13.8 Å². The Bertz CT molecular complexity index is 637. The van der Waals surface area contributed by atoms with Crippen LogP contribution >= 0.6 is 0 Å². The third kappa shape index (κ3) is 2.69. The summed E-state index contributed by atoms with van der Waals surface area (Å²) >= 11 is 0. The fourth-order valence-electron chi connectivity index (χ4n) is 2.85. The molecule has 0 bridgehead atoms. The van der Waals surface area contributed by atoms with Gasteiger partial charge in [-0.25, -0.2) is 4.79 Å². The van der Waals surface area contributed by atoms with Crippen molar-refractivity contribution in [3.63, 3.8) is 0 Å². The summed E-state index contributed by atoms with van der Waals surface area (Å²) in [5, 5.41) is 13.2. The van der Waals surface area contributed by atoms with Gasteiger partial charge in [-0.2, -0.15) is 0 Å². The molecule has 0 aliphatic carbocycles. The van der Waals surface area contributed by atoms with Gasteiger partial charge in [-0.3, -0.25) is 5.32 Å². The lowest BCUT2D eigenvalue weighted by atomic mass is 9.80. The van der Waals surface area contributed by atoms with Crippen molar-refractivity contribution >= 4 is 5.97 Å². The smallest absolute Gasteiger partial charge is 0.333 e. The highest BCUT2D eigenvalue weighted by atomic mass is 16.4. The van der Waals surface area contributed by atoms with E-state index in [4.69, 9.17) is 0 Å². The van der Waals surface area contributed by atoms with E-state index in [1.165, 1.54) is 0 Å². The van der Waals surface area contributed by atoms with Gasteiger partial charge in [0, 0.05) is 0 Å². The molecule has 1 atom stereocenters. The monoisotopic (exact) mass is 283 g/mol. The Balaban J connectivity index is 2.73. The average molecular weight is 283 g/mol. The highest BCUT2D eigenvalue weighted by molar-refractivity contribution is 5.86. The molecule has 2 N–H and O–H groups in total. The normalized spacial score (nSPS) is 13.7. The summed E-state index contributed by atoms with van der Waals surface area (Å²) in [5.41, 5.74) is 2.41. The topological polar surface area (TPSA) is 49.3 Å². The Labute approximate surface area is 125 Å². The minimum Gasteiger partial charge on any atom is -0.479 e. The number of benzene rings is 2. The van der Waals surface area contributed by atoms with Gasteiger partial charge >= 0.3 is 5.97 Å². The van der Waals surface area contributed by atoms with E-state index < -0.39 is 11.5 Å². The van der Waals surface area contributed by atoms with E-state index in [-0.39, 0.29) is 0 Å². The first-order valence-electron chi connectivity index (χ1n) is 7.14. The molecule has 0 amide bonds. The SMILES string of the molecule is CCNC(C(=O)O)(c1ccccc1)c1ccc(C)cc1C. The number of rotatable bonds is 5.